The number of aliphatic hydroxyl groups is 1. The van der Waals surface area contributed by atoms with E-state index in [-0.39, 0.29) is 49.6 Å². The molecule has 48 heavy (non-hydrogen) atoms. The maximum atomic E-state index is 13.3. The number of fused-ring (bicyclic) bond motifs is 2. The number of carbonyl (C=O) groups excluding carboxylic acids is 1. The molecule has 2 N–H and O–H groups in total. The molecule has 0 fully saturated rings. The molecule has 0 aliphatic carbocycles. The van der Waals surface area contributed by atoms with Crippen molar-refractivity contribution in [1.29, 1.82) is 0 Å². The van der Waals surface area contributed by atoms with Crippen LogP contribution < -0.4 is 4.18 Å². The lowest BCUT2D eigenvalue weighted by atomic mass is 9.83. The van der Waals surface area contributed by atoms with E-state index in [9.17, 15) is 23.4 Å². The molecular formula is C35H44N4O8S. The number of nitrogens with zero attached hydrogens (tertiary/aromatic N) is 4. The number of aliphatic hydroxyl groups excluding tert-OH is 1. The first kappa shape index (κ1) is 35.3. The van der Waals surface area contributed by atoms with Gasteiger partial charge in [-0.05, 0) is 98.5 Å². The number of rotatable bonds is 14. The third kappa shape index (κ3) is 7.49. The van der Waals surface area contributed by atoms with Crippen LogP contribution in [-0.2, 0) is 37.7 Å². The highest BCUT2D eigenvalue weighted by Gasteiger charge is 2.37. The number of carbonyl (C=O) groups is 1. The van der Waals surface area contributed by atoms with E-state index in [1.165, 1.54) is 22.5 Å². The predicted octanol–water partition coefficient (Wildman–Crippen LogP) is 5.07. The minimum atomic E-state index is -4.13. The molecule has 2 unspecified atom stereocenters. The second-order valence-corrected chi connectivity index (χ2v) is 13.8. The van der Waals surface area contributed by atoms with E-state index in [2.05, 4.69) is 10.3 Å². The molecule has 0 saturated heterocycles. The van der Waals surface area contributed by atoms with E-state index in [0.717, 1.165) is 45.3 Å². The van der Waals surface area contributed by atoms with Crippen LogP contribution in [0.25, 0.3) is 11.0 Å². The Kier molecular flexibility index (Phi) is 11.0. The average molecular weight is 681 g/mol. The molecule has 2 heterocycles. The summed E-state index contributed by atoms with van der Waals surface area (Å²) in [5.74, 6) is -0.390. The summed E-state index contributed by atoms with van der Waals surface area (Å²) in [6.45, 7) is 8.96. The van der Waals surface area contributed by atoms with Gasteiger partial charge < -0.3 is 23.9 Å². The molecule has 0 radical (unpaired) electrons. The van der Waals surface area contributed by atoms with Gasteiger partial charge in [-0.2, -0.15) is 12.7 Å². The van der Waals surface area contributed by atoms with E-state index in [0.29, 0.717) is 25.1 Å². The molecule has 13 heteroatoms. The van der Waals surface area contributed by atoms with Gasteiger partial charge in [-0.25, -0.2) is 4.68 Å². The summed E-state index contributed by atoms with van der Waals surface area (Å²) in [6, 6.07) is 13.5. The molecule has 0 bridgehead atoms. The van der Waals surface area contributed by atoms with Crippen molar-refractivity contribution >= 4 is 27.3 Å². The van der Waals surface area contributed by atoms with Crippen molar-refractivity contribution in [1.82, 2.24) is 19.3 Å². The van der Waals surface area contributed by atoms with E-state index in [4.69, 9.17) is 13.7 Å². The largest absolute Gasteiger partial charge is 0.508 e. The van der Waals surface area contributed by atoms with Gasteiger partial charge in [0.25, 0.3) is 0 Å². The van der Waals surface area contributed by atoms with Crippen molar-refractivity contribution in [2.75, 3.05) is 26.9 Å². The molecule has 3 aromatic carbocycles. The Labute approximate surface area is 281 Å². The van der Waals surface area contributed by atoms with Crippen molar-refractivity contribution in [3.8, 4) is 11.5 Å². The van der Waals surface area contributed by atoms with Crippen LogP contribution in [-0.4, -0.2) is 70.8 Å². The number of methoxy groups -OCH3 is 1. The van der Waals surface area contributed by atoms with Crippen LogP contribution in [0.15, 0.2) is 48.5 Å². The SMILES string of the molecule is CCOC(=O)CC(c1ccc(C)c([C@@H](C)N2Cc3cc(O)ccc3OS2(=O)=O)c1)c1ccc2c(nnn2CC(CCO)CCOC)c1C. The number of ether oxygens (including phenoxy) is 2. The zero-order valence-corrected chi connectivity index (χ0v) is 28.9. The third-order valence-electron chi connectivity index (χ3n) is 9.17. The van der Waals surface area contributed by atoms with E-state index >= 15 is 0 Å². The quantitative estimate of drug-likeness (QED) is 0.173. The fourth-order valence-corrected chi connectivity index (χ4v) is 7.80. The molecule has 258 valence electrons. The topological polar surface area (TPSA) is 153 Å². The van der Waals surface area contributed by atoms with E-state index in [1.54, 1.807) is 21.0 Å². The molecule has 0 amide bonds. The first-order valence-electron chi connectivity index (χ1n) is 16.2. The summed E-state index contributed by atoms with van der Waals surface area (Å²) in [5, 5.41) is 28.6. The zero-order valence-electron chi connectivity index (χ0n) is 28.0. The molecule has 12 nitrogen and oxygen atoms in total. The number of phenols is 1. The summed E-state index contributed by atoms with van der Waals surface area (Å²) in [6.07, 6.45) is 1.47. The van der Waals surface area contributed by atoms with Gasteiger partial charge in [-0.3, -0.25) is 4.79 Å². The van der Waals surface area contributed by atoms with Crippen LogP contribution in [0, 0.1) is 19.8 Å². The van der Waals surface area contributed by atoms with Crippen molar-refractivity contribution in [3.05, 3.63) is 81.9 Å². The second-order valence-electron chi connectivity index (χ2n) is 12.3. The van der Waals surface area contributed by atoms with Gasteiger partial charge in [-0.15, -0.1) is 5.10 Å². The molecule has 1 aromatic heterocycles. The van der Waals surface area contributed by atoms with Gasteiger partial charge in [0.1, 0.15) is 17.0 Å². The minimum absolute atomic E-state index is 0.0210. The third-order valence-corrected chi connectivity index (χ3v) is 10.6. The van der Waals surface area contributed by atoms with E-state index in [1.807, 2.05) is 48.9 Å². The Morgan fingerprint density at radius 3 is 2.60 bits per heavy atom. The normalized spacial score (nSPS) is 16.2. The van der Waals surface area contributed by atoms with Crippen molar-refractivity contribution < 1.29 is 37.1 Å². The molecular weight excluding hydrogens is 636 g/mol. The van der Waals surface area contributed by atoms with Crippen molar-refractivity contribution in [3.63, 3.8) is 0 Å². The van der Waals surface area contributed by atoms with Gasteiger partial charge >= 0.3 is 16.3 Å². The first-order valence-corrected chi connectivity index (χ1v) is 17.6. The van der Waals surface area contributed by atoms with Gasteiger partial charge in [0.2, 0.25) is 0 Å². The number of hydrogen-bond donors (Lipinski definition) is 2. The monoisotopic (exact) mass is 680 g/mol. The maximum absolute atomic E-state index is 13.3. The fourth-order valence-electron chi connectivity index (χ4n) is 6.52. The van der Waals surface area contributed by atoms with Crippen molar-refractivity contribution in [2.24, 2.45) is 5.92 Å². The maximum Gasteiger partial charge on any atom is 0.386 e. The molecule has 3 atom stereocenters. The van der Waals surface area contributed by atoms with E-state index < -0.39 is 22.3 Å². The number of aromatic nitrogens is 3. The van der Waals surface area contributed by atoms with Gasteiger partial charge in [0.05, 0.1) is 24.6 Å². The summed E-state index contributed by atoms with van der Waals surface area (Å²) in [4.78, 5) is 13.0. The lowest BCUT2D eigenvalue weighted by Crippen LogP contribution is -2.39. The highest BCUT2D eigenvalue weighted by atomic mass is 32.2. The number of hydrogen-bond acceptors (Lipinski definition) is 10. The summed E-state index contributed by atoms with van der Waals surface area (Å²) < 4.78 is 45.7. The van der Waals surface area contributed by atoms with Crippen LogP contribution in [0.1, 0.15) is 78.5 Å². The van der Waals surface area contributed by atoms with Gasteiger partial charge in [-0.1, -0.05) is 29.5 Å². The summed E-state index contributed by atoms with van der Waals surface area (Å²) in [7, 11) is -2.47. The molecule has 1 aliphatic rings. The number of aryl methyl sites for hydroxylation is 2. The molecule has 0 saturated carbocycles. The van der Waals surface area contributed by atoms with Gasteiger partial charge in [0, 0.05) is 44.9 Å². The zero-order chi connectivity index (χ0) is 34.6. The summed E-state index contributed by atoms with van der Waals surface area (Å²) >= 11 is 0. The Balaban J connectivity index is 1.52. The number of esters is 1. The highest BCUT2D eigenvalue weighted by molar-refractivity contribution is 7.84. The average Bonchev–Trinajstić information content (AvgIpc) is 3.46. The molecule has 5 rings (SSSR count). The number of benzene rings is 3. The second kappa shape index (κ2) is 15.0. The van der Waals surface area contributed by atoms with Crippen LogP contribution in [0.2, 0.25) is 0 Å². The van der Waals surface area contributed by atoms with Crippen LogP contribution >= 0.6 is 0 Å². The molecule has 4 aromatic rings. The Bertz CT molecular complexity index is 1880. The van der Waals surface area contributed by atoms with Crippen LogP contribution in [0.4, 0.5) is 0 Å². The Morgan fingerprint density at radius 2 is 1.88 bits per heavy atom. The summed E-state index contributed by atoms with van der Waals surface area (Å²) in [5.41, 5.74) is 6.34. The lowest BCUT2D eigenvalue weighted by molar-refractivity contribution is -0.143. The molecule has 1 aliphatic heterocycles. The Morgan fingerprint density at radius 1 is 1.08 bits per heavy atom. The lowest BCUT2D eigenvalue weighted by Gasteiger charge is -2.33. The highest BCUT2D eigenvalue weighted by Crippen LogP contribution is 2.40. The van der Waals surface area contributed by atoms with Crippen LogP contribution in [0.5, 0.6) is 11.5 Å². The first-order chi connectivity index (χ1) is 23.0. The van der Waals surface area contributed by atoms with Crippen molar-refractivity contribution in [2.45, 2.75) is 72.0 Å². The number of aromatic hydroxyl groups is 1. The Hall–Kier alpha value is -4.04. The smallest absolute Gasteiger partial charge is 0.386 e. The predicted molar refractivity (Wildman–Crippen MR) is 180 cm³/mol. The standard InChI is InChI=1S/C35H44N4O8S/c1-6-46-34(42)19-31(29-10-11-32-35(23(29)3)36-37-38(32)20-25(13-15-40)14-16-45-5)26-8-7-22(2)30(18-26)24(4)39-21-27-17-28(41)9-12-33(27)47-48(39,43)44/h7-12,17-18,24-25,31,40-41H,6,13-16,19-21H2,1-5H3/t24-,25?,31?/m1/s1. The van der Waals surface area contributed by atoms with Gasteiger partial charge in [0.15, 0.2) is 0 Å². The number of phenolic OH excluding ortho intramolecular Hbond substituents is 1. The fraction of sp³-hybridized carbons (Fsp3) is 0.457. The molecule has 0 spiro atoms. The minimum Gasteiger partial charge on any atom is -0.508 e. The van der Waals surface area contributed by atoms with Crippen LogP contribution in [0.3, 0.4) is 0 Å².